The van der Waals surface area contributed by atoms with Gasteiger partial charge in [0.15, 0.2) is 0 Å². The number of aromatic hydroxyl groups is 2. The molecule has 6 aromatic rings. The van der Waals surface area contributed by atoms with Crippen molar-refractivity contribution in [1.82, 2.24) is 0 Å². The number of unbranched alkanes of at least 4 members (excludes halogenated alkanes) is 4. The fraction of sp³-hybridized carbons (Fsp3) is 0.294. The van der Waals surface area contributed by atoms with E-state index in [1.165, 1.54) is 97.6 Å². The van der Waals surface area contributed by atoms with Crippen molar-refractivity contribution >= 4 is 0 Å². The summed E-state index contributed by atoms with van der Waals surface area (Å²) < 4.78 is 0. The SMILES string of the molecule is CCCCCCCC(CCC)C1(C2CC2)c2cc(-c3ccc(-c4ccc(O)cc4)cc3)ccc2-c2ccc(-c3ccc(-c4ccc(O)cc4)cc3)cc21. The smallest absolute Gasteiger partial charge is 0.115 e. The molecule has 0 amide bonds. The lowest BCUT2D eigenvalue weighted by atomic mass is 9.61. The molecule has 53 heavy (non-hydrogen) atoms. The molecule has 1 fully saturated rings. The molecule has 6 aromatic carbocycles. The maximum absolute atomic E-state index is 9.80. The van der Waals surface area contributed by atoms with Gasteiger partial charge in [0.1, 0.15) is 11.5 Å². The highest BCUT2D eigenvalue weighted by molar-refractivity contribution is 5.87. The molecule has 2 N–H and O–H groups in total. The highest BCUT2D eigenvalue weighted by Gasteiger charge is 2.56. The number of rotatable bonds is 14. The molecule has 0 saturated heterocycles. The standard InChI is InChI=1S/C51H52O2/c1-3-5-6-7-8-10-43(9-4-2)51(44-25-26-44)49-33-41(39-15-11-35(12-16-39)37-19-27-45(52)28-20-37)23-31-47(49)48-32-24-42(34-50(48)51)40-17-13-36(14-18-40)38-21-29-46(53)30-22-38/h11-24,27-34,43-44,52-53H,3-10,25-26H2,1-2H3. The highest BCUT2D eigenvalue weighted by Crippen LogP contribution is 2.65. The lowest BCUT2D eigenvalue weighted by Crippen LogP contribution is -2.37. The minimum atomic E-state index is 0.00934. The highest BCUT2D eigenvalue weighted by atomic mass is 16.3. The molecule has 268 valence electrons. The first kappa shape index (κ1) is 35.0. The quantitative estimate of drug-likeness (QED) is 0.111. The lowest BCUT2D eigenvalue weighted by Gasteiger charge is -2.41. The Balaban J connectivity index is 1.21. The molecular weight excluding hydrogens is 645 g/mol. The van der Waals surface area contributed by atoms with E-state index in [1.807, 2.05) is 24.3 Å². The molecule has 0 heterocycles. The van der Waals surface area contributed by atoms with E-state index in [0.29, 0.717) is 23.3 Å². The van der Waals surface area contributed by atoms with Crippen LogP contribution in [0.25, 0.3) is 55.6 Å². The van der Waals surface area contributed by atoms with Gasteiger partial charge < -0.3 is 10.2 Å². The first-order valence-corrected chi connectivity index (χ1v) is 20.1. The molecule has 2 aliphatic carbocycles. The average Bonchev–Trinajstić information content (AvgIpc) is 4.01. The third-order valence-electron chi connectivity index (χ3n) is 12.2. The van der Waals surface area contributed by atoms with Crippen LogP contribution in [-0.4, -0.2) is 10.2 Å². The zero-order valence-electron chi connectivity index (χ0n) is 31.3. The lowest BCUT2D eigenvalue weighted by molar-refractivity contribution is 0.246. The van der Waals surface area contributed by atoms with Crippen molar-refractivity contribution in [3.63, 3.8) is 0 Å². The summed E-state index contributed by atoms with van der Waals surface area (Å²) in [5, 5.41) is 19.6. The fourth-order valence-electron chi connectivity index (χ4n) is 9.46. The van der Waals surface area contributed by atoms with Gasteiger partial charge in [0.05, 0.1) is 0 Å². The second-order valence-electron chi connectivity index (χ2n) is 15.6. The maximum atomic E-state index is 9.80. The molecule has 1 saturated carbocycles. The number of phenolic OH excluding ortho intramolecular Hbond substituents is 2. The monoisotopic (exact) mass is 696 g/mol. The van der Waals surface area contributed by atoms with Gasteiger partial charge in [0.25, 0.3) is 0 Å². The number of phenols is 2. The maximum Gasteiger partial charge on any atom is 0.115 e. The van der Waals surface area contributed by atoms with Gasteiger partial charge in [-0.2, -0.15) is 0 Å². The van der Waals surface area contributed by atoms with Crippen molar-refractivity contribution < 1.29 is 10.2 Å². The zero-order chi connectivity index (χ0) is 36.4. The van der Waals surface area contributed by atoms with E-state index in [-0.39, 0.29) is 5.41 Å². The van der Waals surface area contributed by atoms with E-state index in [0.717, 1.165) is 22.3 Å². The van der Waals surface area contributed by atoms with E-state index in [1.54, 1.807) is 35.4 Å². The number of hydrogen-bond donors (Lipinski definition) is 2. The van der Waals surface area contributed by atoms with Crippen LogP contribution in [0.3, 0.4) is 0 Å². The van der Waals surface area contributed by atoms with Gasteiger partial charge in [-0.25, -0.2) is 0 Å². The van der Waals surface area contributed by atoms with Crippen molar-refractivity contribution in [2.24, 2.45) is 11.8 Å². The summed E-state index contributed by atoms with van der Waals surface area (Å²) in [6.07, 6.45) is 12.9. The molecule has 1 unspecified atom stereocenters. The predicted octanol–water partition coefficient (Wildman–Crippen LogP) is 14.2. The normalized spacial score (nSPS) is 14.8. The number of benzene rings is 6. The van der Waals surface area contributed by atoms with Crippen LogP contribution in [0.1, 0.15) is 89.2 Å². The first-order valence-electron chi connectivity index (χ1n) is 20.1. The summed E-state index contributed by atoms with van der Waals surface area (Å²) in [6, 6.07) is 47.6. The topological polar surface area (TPSA) is 40.5 Å². The molecular formula is C51H52O2. The Labute approximate surface area is 316 Å². The van der Waals surface area contributed by atoms with Crippen molar-refractivity contribution in [3.8, 4) is 67.1 Å². The Hall–Kier alpha value is -5.08. The first-order chi connectivity index (χ1) is 26.0. The van der Waals surface area contributed by atoms with Gasteiger partial charge in [-0.3, -0.25) is 0 Å². The third-order valence-corrected chi connectivity index (χ3v) is 12.2. The molecule has 0 bridgehead atoms. The number of hydrogen-bond acceptors (Lipinski definition) is 2. The molecule has 0 radical (unpaired) electrons. The molecule has 2 aliphatic rings. The van der Waals surface area contributed by atoms with Crippen LogP contribution in [0.4, 0.5) is 0 Å². The van der Waals surface area contributed by atoms with Crippen molar-refractivity contribution in [2.45, 2.75) is 83.5 Å². The zero-order valence-corrected chi connectivity index (χ0v) is 31.3. The summed E-state index contributed by atoms with van der Waals surface area (Å²) in [7, 11) is 0. The van der Waals surface area contributed by atoms with Crippen LogP contribution in [0, 0.1) is 11.8 Å². The molecule has 0 aliphatic heterocycles. The van der Waals surface area contributed by atoms with Crippen LogP contribution in [0.5, 0.6) is 11.5 Å². The Bertz CT molecular complexity index is 2020. The van der Waals surface area contributed by atoms with Crippen LogP contribution >= 0.6 is 0 Å². The van der Waals surface area contributed by atoms with Crippen LogP contribution in [0.2, 0.25) is 0 Å². The average molecular weight is 697 g/mol. The minimum absolute atomic E-state index is 0.00934. The van der Waals surface area contributed by atoms with E-state index in [4.69, 9.17) is 0 Å². The van der Waals surface area contributed by atoms with E-state index < -0.39 is 0 Å². The van der Waals surface area contributed by atoms with Crippen LogP contribution in [0.15, 0.2) is 133 Å². The van der Waals surface area contributed by atoms with Gasteiger partial charge in [-0.05, 0) is 141 Å². The second-order valence-corrected chi connectivity index (χ2v) is 15.6. The molecule has 2 nitrogen and oxygen atoms in total. The fourth-order valence-corrected chi connectivity index (χ4v) is 9.46. The van der Waals surface area contributed by atoms with Crippen LogP contribution in [-0.2, 0) is 5.41 Å². The predicted molar refractivity (Wildman–Crippen MR) is 222 cm³/mol. The molecule has 8 rings (SSSR count). The summed E-state index contributed by atoms with van der Waals surface area (Å²) in [6.45, 7) is 4.70. The molecule has 2 heteroatoms. The Morgan fingerprint density at radius 2 is 0.830 bits per heavy atom. The minimum Gasteiger partial charge on any atom is -0.508 e. The summed E-state index contributed by atoms with van der Waals surface area (Å²) in [5.74, 6) is 1.85. The third kappa shape index (κ3) is 6.81. The van der Waals surface area contributed by atoms with Gasteiger partial charge in [0, 0.05) is 5.41 Å². The van der Waals surface area contributed by atoms with Gasteiger partial charge in [-0.1, -0.05) is 149 Å². The van der Waals surface area contributed by atoms with Crippen molar-refractivity contribution in [2.75, 3.05) is 0 Å². The van der Waals surface area contributed by atoms with Gasteiger partial charge in [0.2, 0.25) is 0 Å². The Morgan fingerprint density at radius 1 is 0.453 bits per heavy atom. The van der Waals surface area contributed by atoms with E-state index in [9.17, 15) is 10.2 Å². The van der Waals surface area contributed by atoms with E-state index >= 15 is 0 Å². The largest absolute Gasteiger partial charge is 0.508 e. The molecule has 1 atom stereocenters. The summed E-state index contributed by atoms with van der Waals surface area (Å²) >= 11 is 0. The van der Waals surface area contributed by atoms with Gasteiger partial charge >= 0.3 is 0 Å². The van der Waals surface area contributed by atoms with Crippen molar-refractivity contribution in [3.05, 3.63) is 145 Å². The van der Waals surface area contributed by atoms with Crippen molar-refractivity contribution in [1.29, 1.82) is 0 Å². The Morgan fingerprint density at radius 3 is 1.23 bits per heavy atom. The number of fused-ring (bicyclic) bond motifs is 3. The van der Waals surface area contributed by atoms with Crippen LogP contribution < -0.4 is 0 Å². The van der Waals surface area contributed by atoms with E-state index in [2.05, 4.69) is 98.8 Å². The Kier molecular flexibility index (Phi) is 9.97. The second kappa shape index (κ2) is 15.1. The molecule has 0 spiro atoms. The summed E-state index contributed by atoms with van der Waals surface area (Å²) in [5.41, 5.74) is 15.6. The molecule has 0 aromatic heterocycles. The summed E-state index contributed by atoms with van der Waals surface area (Å²) in [4.78, 5) is 0. The van der Waals surface area contributed by atoms with Gasteiger partial charge in [-0.15, -0.1) is 0 Å².